The molecule has 7 nitrogen and oxygen atoms in total. The number of nitrogens with one attached hydrogen (secondary N) is 2. The van der Waals surface area contributed by atoms with Crippen molar-refractivity contribution in [1.29, 1.82) is 0 Å². The van der Waals surface area contributed by atoms with Crippen molar-refractivity contribution in [3.8, 4) is 17.2 Å². The van der Waals surface area contributed by atoms with Crippen molar-refractivity contribution in [1.82, 2.24) is 10.9 Å². The average Bonchev–Trinajstić information content (AvgIpc) is 2.44. The van der Waals surface area contributed by atoms with Crippen LogP contribution in [0.2, 0.25) is 0 Å². The van der Waals surface area contributed by atoms with Gasteiger partial charge in [-0.1, -0.05) is 0 Å². The number of hydrogen-bond donors (Lipinski definition) is 2. The molecule has 1 aliphatic heterocycles. The number of amides is 1. The Bertz CT molecular complexity index is 522. The molecule has 0 aromatic heterocycles. The van der Waals surface area contributed by atoms with Crippen LogP contribution in [0.25, 0.3) is 0 Å². The standard InChI is InChI=1S/C15H22N2O5/c1-15(2,3)22-14(18)17-16-9-10-7-11(19-4)13-12(8-10)20-5-6-21-13/h7-8,16H,5-6,9H2,1-4H3,(H,17,18). The molecule has 0 saturated carbocycles. The van der Waals surface area contributed by atoms with Gasteiger partial charge in [0, 0.05) is 6.54 Å². The first-order chi connectivity index (χ1) is 10.4. The van der Waals surface area contributed by atoms with Gasteiger partial charge in [-0.2, -0.15) is 0 Å². The van der Waals surface area contributed by atoms with Gasteiger partial charge in [-0.05, 0) is 38.5 Å². The van der Waals surface area contributed by atoms with Gasteiger partial charge in [-0.3, -0.25) is 5.43 Å². The van der Waals surface area contributed by atoms with E-state index in [4.69, 9.17) is 18.9 Å². The monoisotopic (exact) mass is 310 g/mol. The zero-order valence-electron chi connectivity index (χ0n) is 13.3. The fourth-order valence-corrected chi connectivity index (χ4v) is 1.95. The molecule has 122 valence electrons. The van der Waals surface area contributed by atoms with Crippen molar-refractivity contribution in [2.24, 2.45) is 0 Å². The molecule has 0 aliphatic carbocycles. The number of carbonyl (C=O) groups is 1. The number of rotatable bonds is 4. The number of carbonyl (C=O) groups excluding carboxylic acids is 1. The van der Waals surface area contributed by atoms with Crippen LogP contribution in [0.15, 0.2) is 12.1 Å². The third kappa shape index (κ3) is 4.42. The lowest BCUT2D eigenvalue weighted by atomic mass is 10.1. The molecule has 1 amide bonds. The lowest BCUT2D eigenvalue weighted by molar-refractivity contribution is 0.0497. The summed E-state index contributed by atoms with van der Waals surface area (Å²) in [6.45, 7) is 6.81. The van der Waals surface area contributed by atoms with Gasteiger partial charge < -0.3 is 18.9 Å². The third-order valence-corrected chi connectivity index (χ3v) is 2.77. The van der Waals surface area contributed by atoms with E-state index in [1.807, 2.05) is 12.1 Å². The number of ether oxygens (including phenoxy) is 4. The van der Waals surface area contributed by atoms with E-state index in [-0.39, 0.29) is 0 Å². The van der Waals surface area contributed by atoms with Crippen LogP contribution in [0.4, 0.5) is 4.79 Å². The van der Waals surface area contributed by atoms with E-state index in [0.29, 0.717) is 37.0 Å². The number of hydrazine groups is 1. The van der Waals surface area contributed by atoms with Crippen molar-refractivity contribution in [2.45, 2.75) is 32.9 Å². The van der Waals surface area contributed by atoms with Crippen LogP contribution in [-0.2, 0) is 11.3 Å². The highest BCUT2D eigenvalue weighted by molar-refractivity contribution is 5.67. The molecule has 2 N–H and O–H groups in total. The van der Waals surface area contributed by atoms with E-state index < -0.39 is 11.7 Å². The molecule has 0 atom stereocenters. The Morgan fingerprint density at radius 2 is 2.00 bits per heavy atom. The highest BCUT2D eigenvalue weighted by atomic mass is 16.6. The number of fused-ring (bicyclic) bond motifs is 1. The summed E-state index contributed by atoms with van der Waals surface area (Å²) in [4.78, 5) is 11.5. The van der Waals surface area contributed by atoms with Crippen molar-refractivity contribution in [3.63, 3.8) is 0 Å². The van der Waals surface area contributed by atoms with Gasteiger partial charge in [0.05, 0.1) is 7.11 Å². The number of methoxy groups -OCH3 is 1. The first-order valence-corrected chi connectivity index (χ1v) is 7.07. The Morgan fingerprint density at radius 1 is 1.27 bits per heavy atom. The van der Waals surface area contributed by atoms with Gasteiger partial charge in [-0.25, -0.2) is 10.2 Å². The second kappa shape index (κ2) is 6.74. The predicted octanol–water partition coefficient (Wildman–Crippen LogP) is 2.00. The second-order valence-electron chi connectivity index (χ2n) is 5.80. The van der Waals surface area contributed by atoms with Crippen LogP contribution in [0.3, 0.4) is 0 Å². The highest BCUT2D eigenvalue weighted by Gasteiger charge is 2.19. The molecule has 1 aliphatic rings. The molecule has 22 heavy (non-hydrogen) atoms. The van der Waals surface area contributed by atoms with Gasteiger partial charge in [-0.15, -0.1) is 0 Å². The Labute approximate surface area is 129 Å². The van der Waals surface area contributed by atoms with Crippen molar-refractivity contribution in [3.05, 3.63) is 17.7 Å². The summed E-state index contributed by atoms with van der Waals surface area (Å²) in [5.74, 6) is 1.85. The van der Waals surface area contributed by atoms with Gasteiger partial charge in [0.15, 0.2) is 11.5 Å². The Kier molecular flexibility index (Phi) is 4.97. The predicted molar refractivity (Wildman–Crippen MR) is 80.2 cm³/mol. The molecule has 0 unspecified atom stereocenters. The summed E-state index contributed by atoms with van der Waals surface area (Å²) in [6.07, 6.45) is -0.531. The van der Waals surface area contributed by atoms with Gasteiger partial charge in [0.25, 0.3) is 0 Å². The van der Waals surface area contributed by atoms with E-state index >= 15 is 0 Å². The fraction of sp³-hybridized carbons (Fsp3) is 0.533. The molecule has 0 fully saturated rings. The molecule has 0 radical (unpaired) electrons. The molecule has 0 bridgehead atoms. The maximum atomic E-state index is 11.5. The maximum absolute atomic E-state index is 11.5. The minimum atomic E-state index is -0.536. The molecule has 0 spiro atoms. The van der Waals surface area contributed by atoms with Crippen LogP contribution in [0, 0.1) is 0 Å². The van der Waals surface area contributed by atoms with E-state index in [0.717, 1.165) is 5.56 Å². The molecule has 1 aromatic carbocycles. The molecule has 1 heterocycles. The number of benzene rings is 1. The quantitative estimate of drug-likeness (QED) is 0.828. The molecular weight excluding hydrogens is 288 g/mol. The van der Waals surface area contributed by atoms with Crippen LogP contribution >= 0.6 is 0 Å². The summed E-state index contributed by atoms with van der Waals surface area (Å²) >= 11 is 0. The third-order valence-electron chi connectivity index (χ3n) is 2.77. The van der Waals surface area contributed by atoms with E-state index in [2.05, 4.69) is 10.9 Å². The minimum Gasteiger partial charge on any atom is -0.493 e. The fourth-order valence-electron chi connectivity index (χ4n) is 1.95. The summed E-state index contributed by atoms with van der Waals surface area (Å²) in [7, 11) is 1.57. The van der Waals surface area contributed by atoms with Gasteiger partial charge >= 0.3 is 6.09 Å². The van der Waals surface area contributed by atoms with Crippen molar-refractivity contribution < 1.29 is 23.7 Å². The lowest BCUT2D eigenvalue weighted by Crippen LogP contribution is -2.40. The second-order valence-corrected chi connectivity index (χ2v) is 5.80. The highest BCUT2D eigenvalue weighted by Crippen LogP contribution is 2.40. The molecule has 1 aromatic rings. The molecule has 2 rings (SSSR count). The smallest absolute Gasteiger partial charge is 0.422 e. The lowest BCUT2D eigenvalue weighted by Gasteiger charge is -2.22. The molecular formula is C15H22N2O5. The van der Waals surface area contributed by atoms with Crippen LogP contribution in [0.1, 0.15) is 26.3 Å². The topological polar surface area (TPSA) is 78.1 Å². The average molecular weight is 310 g/mol. The Morgan fingerprint density at radius 3 is 2.68 bits per heavy atom. The summed E-state index contributed by atoms with van der Waals surface area (Å²) < 4.78 is 21.5. The first kappa shape index (κ1) is 16.2. The SMILES string of the molecule is COc1cc(CNNC(=O)OC(C)(C)C)cc2c1OCCO2. The van der Waals surface area contributed by atoms with Crippen molar-refractivity contribution in [2.75, 3.05) is 20.3 Å². The van der Waals surface area contributed by atoms with Crippen LogP contribution in [0.5, 0.6) is 17.2 Å². The molecule has 7 heteroatoms. The molecule has 0 saturated heterocycles. The van der Waals surface area contributed by atoms with Gasteiger partial charge in [0.2, 0.25) is 5.75 Å². The van der Waals surface area contributed by atoms with E-state index in [1.54, 1.807) is 27.9 Å². The Balaban J connectivity index is 1.94. The minimum absolute atomic E-state index is 0.395. The van der Waals surface area contributed by atoms with Gasteiger partial charge in [0.1, 0.15) is 18.8 Å². The van der Waals surface area contributed by atoms with Crippen molar-refractivity contribution >= 4 is 6.09 Å². The Hall–Kier alpha value is -2.15. The zero-order valence-corrected chi connectivity index (χ0v) is 13.3. The maximum Gasteiger partial charge on any atom is 0.422 e. The summed E-state index contributed by atoms with van der Waals surface area (Å²) in [5, 5.41) is 0. The summed E-state index contributed by atoms with van der Waals surface area (Å²) in [6, 6.07) is 3.68. The summed E-state index contributed by atoms with van der Waals surface area (Å²) in [5.41, 5.74) is 5.64. The van der Waals surface area contributed by atoms with Crippen LogP contribution in [-0.4, -0.2) is 32.0 Å². The zero-order chi connectivity index (χ0) is 16.2. The normalized spacial score (nSPS) is 13.5. The van der Waals surface area contributed by atoms with Crippen LogP contribution < -0.4 is 25.1 Å². The van der Waals surface area contributed by atoms with E-state index in [9.17, 15) is 4.79 Å². The largest absolute Gasteiger partial charge is 0.493 e. The number of hydrogen-bond acceptors (Lipinski definition) is 6. The van der Waals surface area contributed by atoms with E-state index in [1.165, 1.54) is 0 Å². The first-order valence-electron chi connectivity index (χ1n) is 7.07.